The number of aromatic nitrogens is 1. The van der Waals surface area contributed by atoms with Gasteiger partial charge in [0.05, 0.1) is 0 Å². The van der Waals surface area contributed by atoms with Gasteiger partial charge >= 0.3 is 0 Å². The third-order valence-corrected chi connectivity index (χ3v) is 3.07. The molecule has 0 aliphatic carbocycles. The molecule has 0 spiro atoms. The molecule has 4 heteroatoms. The summed E-state index contributed by atoms with van der Waals surface area (Å²) in [6.07, 6.45) is 1.93. The average molecular weight is 308 g/mol. The van der Waals surface area contributed by atoms with Crippen LogP contribution in [0.15, 0.2) is 41.1 Å². The first-order chi connectivity index (χ1) is 8.56. The number of carbonyl (C=O) groups excluding carboxylic acids is 1. The van der Waals surface area contributed by atoms with E-state index in [1.165, 1.54) is 12.1 Å². The molecule has 1 aromatic heterocycles. The lowest BCUT2D eigenvalue weighted by molar-refractivity contribution is 0.0993. The SMILES string of the molecule is Cc1cc(C(=O)Cc2ccnc(Br)c2)ccc1F. The number of halogens is 2. The summed E-state index contributed by atoms with van der Waals surface area (Å²) in [5.41, 5.74) is 1.89. The highest BCUT2D eigenvalue weighted by Crippen LogP contribution is 2.14. The van der Waals surface area contributed by atoms with Crippen molar-refractivity contribution in [3.63, 3.8) is 0 Å². The van der Waals surface area contributed by atoms with Crippen molar-refractivity contribution in [1.29, 1.82) is 0 Å². The Kier molecular flexibility index (Phi) is 3.87. The standard InChI is InChI=1S/C14H11BrFNO/c1-9-6-11(2-3-12(9)16)13(18)7-10-4-5-17-14(15)8-10/h2-6,8H,7H2,1H3. The first kappa shape index (κ1) is 12.9. The van der Waals surface area contributed by atoms with E-state index in [0.717, 1.165) is 5.56 Å². The largest absolute Gasteiger partial charge is 0.294 e. The van der Waals surface area contributed by atoms with Crippen LogP contribution >= 0.6 is 15.9 Å². The van der Waals surface area contributed by atoms with E-state index in [4.69, 9.17) is 0 Å². The third kappa shape index (κ3) is 3.01. The van der Waals surface area contributed by atoms with E-state index in [0.29, 0.717) is 15.7 Å². The molecule has 0 saturated heterocycles. The summed E-state index contributed by atoms with van der Waals surface area (Å²) in [6.45, 7) is 1.65. The molecule has 0 aliphatic rings. The molecule has 0 N–H and O–H groups in total. The Hall–Kier alpha value is -1.55. The summed E-state index contributed by atoms with van der Waals surface area (Å²) >= 11 is 3.26. The Balaban J connectivity index is 2.19. The maximum atomic E-state index is 13.1. The van der Waals surface area contributed by atoms with E-state index in [9.17, 15) is 9.18 Å². The monoisotopic (exact) mass is 307 g/mol. The molecule has 2 rings (SSSR count). The maximum Gasteiger partial charge on any atom is 0.167 e. The first-order valence-corrected chi connectivity index (χ1v) is 6.25. The molecule has 0 atom stereocenters. The van der Waals surface area contributed by atoms with E-state index in [2.05, 4.69) is 20.9 Å². The number of ketones is 1. The molecular formula is C14H11BrFNO. The number of rotatable bonds is 3. The number of Topliss-reactive ketones (excluding diaryl/α,β-unsaturated/α-hetero) is 1. The molecule has 0 radical (unpaired) electrons. The number of aryl methyl sites for hydroxylation is 1. The van der Waals surface area contributed by atoms with Crippen molar-refractivity contribution in [2.24, 2.45) is 0 Å². The lowest BCUT2D eigenvalue weighted by Crippen LogP contribution is -2.04. The minimum atomic E-state index is -0.293. The minimum absolute atomic E-state index is 0.0313. The highest BCUT2D eigenvalue weighted by Gasteiger charge is 2.09. The van der Waals surface area contributed by atoms with Crippen LogP contribution in [0.1, 0.15) is 21.5 Å². The van der Waals surface area contributed by atoms with Gasteiger partial charge in [-0.2, -0.15) is 0 Å². The van der Waals surface area contributed by atoms with Crippen LogP contribution in [0.5, 0.6) is 0 Å². The van der Waals surface area contributed by atoms with E-state index in [1.807, 2.05) is 0 Å². The fourth-order valence-corrected chi connectivity index (χ4v) is 2.07. The number of benzene rings is 1. The Morgan fingerprint density at radius 2 is 2.11 bits per heavy atom. The topological polar surface area (TPSA) is 30.0 Å². The predicted molar refractivity (Wildman–Crippen MR) is 71.1 cm³/mol. The number of nitrogens with zero attached hydrogens (tertiary/aromatic N) is 1. The Bertz CT molecular complexity index is 598. The van der Waals surface area contributed by atoms with Crippen molar-refractivity contribution in [3.8, 4) is 0 Å². The lowest BCUT2D eigenvalue weighted by atomic mass is 10.0. The second-order valence-corrected chi connectivity index (χ2v) is 4.86. The van der Waals surface area contributed by atoms with E-state index < -0.39 is 0 Å². The maximum absolute atomic E-state index is 13.1. The number of carbonyl (C=O) groups is 1. The molecule has 0 fully saturated rings. The second kappa shape index (κ2) is 5.40. The highest BCUT2D eigenvalue weighted by molar-refractivity contribution is 9.10. The first-order valence-electron chi connectivity index (χ1n) is 5.46. The van der Waals surface area contributed by atoms with Crippen LogP contribution in [0.3, 0.4) is 0 Å². The summed E-state index contributed by atoms with van der Waals surface area (Å²) in [6, 6.07) is 8.01. The van der Waals surface area contributed by atoms with Crippen molar-refractivity contribution < 1.29 is 9.18 Å². The van der Waals surface area contributed by atoms with E-state index in [1.54, 1.807) is 31.3 Å². The van der Waals surface area contributed by atoms with Gasteiger partial charge in [0.15, 0.2) is 5.78 Å². The third-order valence-electron chi connectivity index (χ3n) is 2.64. The smallest absolute Gasteiger partial charge is 0.167 e. The van der Waals surface area contributed by atoms with Crippen molar-refractivity contribution in [2.75, 3.05) is 0 Å². The van der Waals surface area contributed by atoms with Crippen molar-refractivity contribution in [1.82, 2.24) is 4.98 Å². The molecule has 0 saturated carbocycles. The van der Waals surface area contributed by atoms with Gasteiger partial charge in [0.25, 0.3) is 0 Å². The summed E-state index contributed by atoms with van der Waals surface area (Å²) in [4.78, 5) is 16.0. The quantitative estimate of drug-likeness (QED) is 0.639. The summed E-state index contributed by atoms with van der Waals surface area (Å²) in [7, 11) is 0. The number of pyridine rings is 1. The summed E-state index contributed by atoms with van der Waals surface area (Å²) in [5.74, 6) is -0.325. The van der Waals surface area contributed by atoms with Gasteiger partial charge in [-0.3, -0.25) is 4.79 Å². The number of hydrogen-bond donors (Lipinski definition) is 0. The van der Waals surface area contributed by atoms with E-state index in [-0.39, 0.29) is 18.0 Å². The Morgan fingerprint density at radius 3 is 2.78 bits per heavy atom. The van der Waals surface area contributed by atoms with Crippen LogP contribution in [0.2, 0.25) is 0 Å². The summed E-state index contributed by atoms with van der Waals surface area (Å²) in [5, 5.41) is 0. The van der Waals surface area contributed by atoms with Crippen LogP contribution in [0, 0.1) is 12.7 Å². The zero-order valence-corrected chi connectivity index (χ0v) is 11.4. The fraction of sp³-hybridized carbons (Fsp3) is 0.143. The van der Waals surface area contributed by atoms with Gasteiger partial charge in [-0.15, -0.1) is 0 Å². The fourth-order valence-electron chi connectivity index (χ4n) is 1.66. The molecule has 0 unspecified atom stereocenters. The zero-order valence-electron chi connectivity index (χ0n) is 9.78. The molecule has 2 nitrogen and oxygen atoms in total. The van der Waals surface area contributed by atoms with Gasteiger partial charge < -0.3 is 0 Å². The Morgan fingerprint density at radius 1 is 1.33 bits per heavy atom. The average Bonchev–Trinajstić information content (AvgIpc) is 2.32. The van der Waals surface area contributed by atoms with E-state index >= 15 is 0 Å². The van der Waals surface area contributed by atoms with Gasteiger partial charge in [-0.05, 0) is 64.3 Å². The van der Waals surface area contributed by atoms with Gasteiger partial charge in [-0.25, -0.2) is 9.37 Å². The molecular weight excluding hydrogens is 297 g/mol. The highest BCUT2D eigenvalue weighted by atomic mass is 79.9. The number of hydrogen-bond acceptors (Lipinski definition) is 2. The van der Waals surface area contributed by atoms with Gasteiger partial charge in [-0.1, -0.05) is 0 Å². The van der Waals surface area contributed by atoms with Crippen molar-refractivity contribution >= 4 is 21.7 Å². The van der Waals surface area contributed by atoms with Crippen LogP contribution < -0.4 is 0 Å². The Labute approximate surface area is 113 Å². The summed E-state index contributed by atoms with van der Waals surface area (Å²) < 4.78 is 13.8. The van der Waals surface area contributed by atoms with Crippen LogP contribution in [0.4, 0.5) is 4.39 Å². The van der Waals surface area contributed by atoms with Crippen LogP contribution in [-0.4, -0.2) is 10.8 Å². The van der Waals surface area contributed by atoms with Crippen molar-refractivity contribution in [2.45, 2.75) is 13.3 Å². The second-order valence-electron chi connectivity index (χ2n) is 4.05. The molecule has 2 aromatic rings. The molecule has 0 amide bonds. The van der Waals surface area contributed by atoms with Crippen LogP contribution in [0.25, 0.3) is 0 Å². The van der Waals surface area contributed by atoms with Gasteiger partial charge in [0, 0.05) is 18.2 Å². The molecule has 18 heavy (non-hydrogen) atoms. The van der Waals surface area contributed by atoms with Gasteiger partial charge in [0.2, 0.25) is 0 Å². The molecule has 92 valence electrons. The minimum Gasteiger partial charge on any atom is -0.294 e. The zero-order chi connectivity index (χ0) is 13.1. The lowest BCUT2D eigenvalue weighted by Gasteiger charge is -2.03. The van der Waals surface area contributed by atoms with Crippen molar-refractivity contribution in [3.05, 3.63) is 63.6 Å². The normalized spacial score (nSPS) is 10.4. The molecule has 1 aromatic carbocycles. The predicted octanol–water partition coefficient (Wildman–Crippen LogP) is 3.72. The van der Waals surface area contributed by atoms with Gasteiger partial charge in [0.1, 0.15) is 10.4 Å². The van der Waals surface area contributed by atoms with Crippen LogP contribution in [-0.2, 0) is 6.42 Å². The molecule has 0 aliphatic heterocycles. The molecule has 1 heterocycles. The molecule has 0 bridgehead atoms.